The summed E-state index contributed by atoms with van der Waals surface area (Å²) in [5, 5.41) is 10.3. The topological polar surface area (TPSA) is 23.5 Å². The van der Waals surface area contributed by atoms with E-state index in [1.54, 1.807) is 12.1 Å². The maximum atomic E-state index is 13.2. The average molecular weight is 338 g/mol. The molecule has 0 aliphatic heterocycles. The minimum atomic E-state index is -0.604. The largest absolute Gasteiger partial charge is 0.388 e. The SMILES string of the molecule is CN(C)c1cccc(C(O)Cc2ccc(F)c(Br)c2)c1. The average Bonchev–Trinajstić information content (AvgIpc) is 2.43. The van der Waals surface area contributed by atoms with Gasteiger partial charge in [-0.2, -0.15) is 0 Å². The summed E-state index contributed by atoms with van der Waals surface area (Å²) in [5.41, 5.74) is 2.79. The molecule has 0 aliphatic rings. The molecule has 0 saturated heterocycles. The van der Waals surface area contributed by atoms with Gasteiger partial charge in [-0.15, -0.1) is 0 Å². The van der Waals surface area contributed by atoms with Crippen molar-refractivity contribution in [2.75, 3.05) is 19.0 Å². The van der Waals surface area contributed by atoms with Crippen LogP contribution in [0.3, 0.4) is 0 Å². The van der Waals surface area contributed by atoms with Crippen LogP contribution in [0.2, 0.25) is 0 Å². The van der Waals surface area contributed by atoms with Gasteiger partial charge in [-0.3, -0.25) is 0 Å². The standard InChI is InChI=1S/C16H17BrFNO/c1-19(2)13-5-3-4-12(10-13)16(20)9-11-6-7-15(18)14(17)8-11/h3-8,10,16,20H,9H2,1-2H3. The lowest BCUT2D eigenvalue weighted by atomic mass is 10.0. The number of anilines is 1. The summed E-state index contributed by atoms with van der Waals surface area (Å²) in [6.45, 7) is 0. The number of hydrogen-bond acceptors (Lipinski definition) is 2. The van der Waals surface area contributed by atoms with Gasteiger partial charge in [0.2, 0.25) is 0 Å². The van der Waals surface area contributed by atoms with Gasteiger partial charge in [0, 0.05) is 26.2 Å². The Morgan fingerprint density at radius 3 is 2.60 bits per heavy atom. The van der Waals surface area contributed by atoms with E-state index in [1.165, 1.54) is 6.07 Å². The van der Waals surface area contributed by atoms with Gasteiger partial charge in [-0.05, 0) is 51.3 Å². The summed E-state index contributed by atoms with van der Waals surface area (Å²) < 4.78 is 13.6. The summed E-state index contributed by atoms with van der Waals surface area (Å²) in [5.74, 6) is -0.294. The highest BCUT2D eigenvalue weighted by Gasteiger charge is 2.11. The van der Waals surface area contributed by atoms with Gasteiger partial charge in [0.1, 0.15) is 5.82 Å². The Bertz CT molecular complexity index is 601. The number of aliphatic hydroxyl groups is 1. The first-order chi connectivity index (χ1) is 9.47. The summed E-state index contributed by atoms with van der Waals surface area (Å²) >= 11 is 3.16. The van der Waals surface area contributed by atoms with Crippen molar-refractivity contribution in [1.29, 1.82) is 0 Å². The summed E-state index contributed by atoms with van der Waals surface area (Å²) in [7, 11) is 3.92. The first-order valence-electron chi connectivity index (χ1n) is 6.36. The fraction of sp³-hybridized carbons (Fsp3) is 0.250. The second kappa shape index (κ2) is 6.37. The Kier molecular flexibility index (Phi) is 4.78. The molecule has 20 heavy (non-hydrogen) atoms. The van der Waals surface area contributed by atoms with E-state index in [1.807, 2.05) is 43.3 Å². The van der Waals surface area contributed by atoms with E-state index in [-0.39, 0.29) is 5.82 Å². The molecule has 0 fully saturated rings. The molecule has 0 heterocycles. The fourth-order valence-electron chi connectivity index (χ4n) is 2.02. The number of rotatable bonds is 4. The Hall–Kier alpha value is -1.39. The highest BCUT2D eigenvalue weighted by atomic mass is 79.9. The summed E-state index contributed by atoms with van der Waals surface area (Å²) in [6.07, 6.45) is -0.150. The third-order valence-corrected chi connectivity index (χ3v) is 3.79. The molecule has 0 saturated carbocycles. The molecule has 2 nitrogen and oxygen atoms in total. The molecule has 0 aromatic heterocycles. The molecule has 2 rings (SSSR count). The molecule has 4 heteroatoms. The zero-order valence-electron chi connectivity index (χ0n) is 11.5. The summed E-state index contributed by atoms with van der Waals surface area (Å²) in [4.78, 5) is 1.99. The van der Waals surface area contributed by atoms with Crippen LogP contribution in [-0.2, 0) is 6.42 Å². The van der Waals surface area contributed by atoms with Gasteiger partial charge in [0.15, 0.2) is 0 Å². The van der Waals surface area contributed by atoms with Crippen molar-refractivity contribution in [1.82, 2.24) is 0 Å². The number of aliphatic hydroxyl groups excluding tert-OH is 1. The second-order valence-corrected chi connectivity index (χ2v) is 5.81. The van der Waals surface area contributed by atoms with Crippen LogP contribution in [0.5, 0.6) is 0 Å². The quantitative estimate of drug-likeness (QED) is 0.913. The van der Waals surface area contributed by atoms with E-state index in [2.05, 4.69) is 15.9 Å². The molecule has 2 aromatic rings. The molecule has 0 aliphatic carbocycles. The van der Waals surface area contributed by atoms with Gasteiger partial charge >= 0.3 is 0 Å². The zero-order chi connectivity index (χ0) is 14.7. The van der Waals surface area contributed by atoms with Crippen molar-refractivity contribution in [3.8, 4) is 0 Å². The van der Waals surface area contributed by atoms with Crippen LogP contribution in [0.4, 0.5) is 10.1 Å². The third kappa shape index (κ3) is 3.58. The fourth-order valence-corrected chi connectivity index (χ4v) is 2.44. The van der Waals surface area contributed by atoms with Crippen LogP contribution in [0, 0.1) is 5.82 Å². The van der Waals surface area contributed by atoms with Gasteiger partial charge in [-0.1, -0.05) is 18.2 Å². The van der Waals surface area contributed by atoms with Crippen molar-refractivity contribution >= 4 is 21.6 Å². The second-order valence-electron chi connectivity index (χ2n) is 4.96. The number of halogens is 2. The molecule has 0 spiro atoms. The molecule has 0 amide bonds. The van der Waals surface area contributed by atoms with Crippen LogP contribution in [-0.4, -0.2) is 19.2 Å². The Labute approximate surface area is 127 Å². The predicted molar refractivity (Wildman–Crippen MR) is 83.5 cm³/mol. The highest BCUT2D eigenvalue weighted by molar-refractivity contribution is 9.10. The van der Waals surface area contributed by atoms with E-state index >= 15 is 0 Å². The minimum Gasteiger partial charge on any atom is -0.388 e. The molecule has 0 radical (unpaired) electrons. The van der Waals surface area contributed by atoms with Crippen LogP contribution < -0.4 is 4.90 Å². The van der Waals surface area contributed by atoms with E-state index in [0.717, 1.165) is 16.8 Å². The lowest BCUT2D eigenvalue weighted by molar-refractivity contribution is 0.178. The van der Waals surface area contributed by atoms with Crippen molar-refractivity contribution in [3.63, 3.8) is 0 Å². The first kappa shape index (κ1) is 15.0. The van der Waals surface area contributed by atoms with Crippen LogP contribution in [0.1, 0.15) is 17.2 Å². The Balaban J connectivity index is 2.17. The maximum Gasteiger partial charge on any atom is 0.137 e. The van der Waals surface area contributed by atoms with Crippen LogP contribution in [0.25, 0.3) is 0 Å². The highest BCUT2D eigenvalue weighted by Crippen LogP contribution is 2.24. The first-order valence-corrected chi connectivity index (χ1v) is 7.16. The smallest absolute Gasteiger partial charge is 0.137 e. The minimum absolute atomic E-state index is 0.294. The maximum absolute atomic E-state index is 13.2. The van der Waals surface area contributed by atoms with Gasteiger partial charge in [0.05, 0.1) is 10.6 Å². The molecule has 106 valence electrons. The van der Waals surface area contributed by atoms with Crippen molar-refractivity contribution in [2.24, 2.45) is 0 Å². The van der Waals surface area contributed by atoms with E-state index in [0.29, 0.717) is 10.9 Å². The predicted octanol–water partition coefficient (Wildman–Crippen LogP) is 3.93. The number of nitrogens with zero attached hydrogens (tertiary/aromatic N) is 1. The van der Waals surface area contributed by atoms with Gasteiger partial charge < -0.3 is 10.0 Å². The van der Waals surface area contributed by atoms with E-state index < -0.39 is 6.10 Å². The molecular weight excluding hydrogens is 321 g/mol. The van der Waals surface area contributed by atoms with Crippen molar-refractivity contribution in [2.45, 2.75) is 12.5 Å². The molecular formula is C16H17BrFNO. The van der Waals surface area contributed by atoms with Crippen molar-refractivity contribution in [3.05, 3.63) is 63.9 Å². The molecule has 0 bridgehead atoms. The zero-order valence-corrected chi connectivity index (χ0v) is 13.1. The molecule has 2 aromatic carbocycles. The molecule has 1 atom stereocenters. The number of benzene rings is 2. The third-order valence-electron chi connectivity index (χ3n) is 3.18. The van der Waals surface area contributed by atoms with Gasteiger partial charge in [-0.25, -0.2) is 4.39 Å². The normalized spacial score (nSPS) is 12.2. The van der Waals surface area contributed by atoms with E-state index in [9.17, 15) is 9.50 Å². The van der Waals surface area contributed by atoms with E-state index in [4.69, 9.17) is 0 Å². The lowest BCUT2D eigenvalue weighted by Crippen LogP contribution is -2.10. The Morgan fingerprint density at radius 2 is 1.95 bits per heavy atom. The van der Waals surface area contributed by atoms with Crippen LogP contribution >= 0.6 is 15.9 Å². The number of hydrogen-bond donors (Lipinski definition) is 1. The van der Waals surface area contributed by atoms with Crippen LogP contribution in [0.15, 0.2) is 46.9 Å². The molecule has 1 unspecified atom stereocenters. The summed E-state index contributed by atoms with van der Waals surface area (Å²) in [6, 6.07) is 12.6. The lowest BCUT2D eigenvalue weighted by Gasteiger charge is -2.16. The van der Waals surface area contributed by atoms with Crippen molar-refractivity contribution < 1.29 is 9.50 Å². The van der Waals surface area contributed by atoms with Gasteiger partial charge in [0.25, 0.3) is 0 Å². The molecule has 1 N–H and O–H groups in total. The monoisotopic (exact) mass is 337 g/mol. The Morgan fingerprint density at radius 1 is 1.20 bits per heavy atom.